The lowest BCUT2D eigenvalue weighted by atomic mass is 9.85. The maximum Gasteiger partial charge on any atom is 0.237 e. The second-order valence-corrected chi connectivity index (χ2v) is 5.86. The SMILES string of the molecule is CCn1cnnc1CNC(=O)C1CC2CCCCC2N1.Cl.Cl. The number of carbonyl (C=O) groups excluding carboxylic acids is 1. The van der Waals surface area contributed by atoms with Crippen LogP contribution in [0.1, 0.15) is 44.9 Å². The van der Waals surface area contributed by atoms with Crippen molar-refractivity contribution in [2.45, 2.75) is 64.2 Å². The number of halogens is 2. The molecule has 126 valence electrons. The Kier molecular flexibility index (Phi) is 7.59. The van der Waals surface area contributed by atoms with Gasteiger partial charge in [-0.2, -0.15) is 0 Å². The molecule has 3 rings (SSSR count). The van der Waals surface area contributed by atoms with Crippen molar-refractivity contribution in [3.63, 3.8) is 0 Å². The molecule has 1 saturated heterocycles. The first-order valence-corrected chi connectivity index (χ1v) is 7.68. The second-order valence-electron chi connectivity index (χ2n) is 5.86. The van der Waals surface area contributed by atoms with E-state index < -0.39 is 0 Å². The Morgan fingerprint density at radius 2 is 2.18 bits per heavy atom. The van der Waals surface area contributed by atoms with Gasteiger partial charge in [0.2, 0.25) is 5.91 Å². The van der Waals surface area contributed by atoms with Crippen LogP contribution in [0.5, 0.6) is 0 Å². The first-order chi connectivity index (χ1) is 9.78. The third-order valence-electron chi connectivity index (χ3n) is 4.64. The van der Waals surface area contributed by atoms with Crippen molar-refractivity contribution in [2.75, 3.05) is 0 Å². The summed E-state index contributed by atoms with van der Waals surface area (Å²) < 4.78 is 1.95. The molecule has 2 fully saturated rings. The summed E-state index contributed by atoms with van der Waals surface area (Å²) in [7, 11) is 0. The molecule has 1 aromatic rings. The number of hydrogen-bond acceptors (Lipinski definition) is 4. The van der Waals surface area contributed by atoms with Crippen LogP contribution in [-0.4, -0.2) is 32.8 Å². The topological polar surface area (TPSA) is 71.8 Å². The molecule has 0 radical (unpaired) electrons. The molecule has 8 heteroatoms. The molecule has 2 N–H and O–H groups in total. The Morgan fingerprint density at radius 1 is 1.41 bits per heavy atom. The molecule has 1 aliphatic carbocycles. The largest absolute Gasteiger partial charge is 0.347 e. The van der Waals surface area contributed by atoms with Crippen LogP contribution in [0.15, 0.2) is 6.33 Å². The van der Waals surface area contributed by atoms with E-state index in [9.17, 15) is 4.79 Å². The van der Waals surface area contributed by atoms with Crippen LogP contribution in [0.4, 0.5) is 0 Å². The molecule has 0 bridgehead atoms. The van der Waals surface area contributed by atoms with Crippen LogP contribution < -0.4 is 10.6 Å². The van der Waals surface area contributed by atoms with Gasteiger partial charge in [0, 0.05) is 12.6 Å². The molecule has 2 heterocycles. The molecule has 0 spiro atoms. The summed E-state index contributed by atoms with van der Waals surface area (Å²) in [5.74, 6) is 1.61. The average Bonchev–Trinajstić information content (AvgIpc) is 3.10. The molecule has 6 nitrogen and oxygen atoms in total. The molecule has 0 aromatic carbocycles. The number of amides is 1. The monoisotopic (exact) mass is 349 g/mol. The zero-order chi connectivity index (χ0) is 13.9. The van der Waals surface area contributed by atoms with Gasteiger partial charge < -0.3 is 15.2 Å². The molecule has 1 saturated carbocycles. The van der Waals surface area contributed by atoms with E-state index in [1.54, 1.807) is 6.33 Å². The van der Waals surface area contributed by atoms with Crippen molar-refractivity contribution >= 4 is 30.7 Å². The van der Waals surface area contributed by atoms with Gasteiger partial charge in [0.1, 0.15) is 6.33 Å². The highest BCUT2D eigenvalue weighted by Gasteiger charge is 2.38. The molecular formula is C14H25Cl2N5O. The van der Waals surface area contributed by atoms with Gasteiger partial charge in [0.25, 0.3) is 0 Å². The summed E-state index contributed by atoms with van der Waals surface area (Å²) in [6, 6.07) is 0.528. The quantitative estimate of drug-likeness (QED) is 0.867. The van der Waals surface area contributed by atoms with Crippen LogP contribution in [0, 0.1) is 5.92 Å². The Bertz CT molecular complexity index is 468. The average molecular weight is 350 g/mol. The highest BCUT2D eigenvalue weighted by Crippen LogP contribution is 2.33. The van der Waals surface area contributed by atoms with Crippen LogP contribution in [0.25, 0.3) is 0 Å². The summed E-state index contributed by atoms with van der Waals surface area (Å²) >= 11 is 0. The summed E-state index contributed by atoms with van der Waals surface area (Å²) in [6.07, 6.45) is 7.78. The highest BCUT2D eigenvalue weighted by molar-refractivity contribution is 5.85. The molecule has 1 aromatic heterocycles. The molecule has 1 aliphatic heterocycles. The predicted octanol–water partition coefficient (Wildman–Crippen LogP) is 1.68. The third kappa shape index (κ3) is 4.12. The minimum absolute atomic E-state index is 0. The second kappa shape index (κ2) is 8.70. The normalized spacial score (nSPS) is 26.5. The number of carbonyl (C=O) groups is 1. The Balaban J connectivity index is 0.00000121. The van der Waals surface area contributed by atoms with E-state index in [0.29, 0.717) is 18.5 Å². The van der Waals surface area contributed by atoms with Crippen LogP contribution >= 0.6 is 24.8 Å². The van der Waals surface area contributed by atoms with E-state index in [-0.39, 0.29) is 36.8 Å². The first kappa shape index (κ1) is 19.2. The van der Waals surface area contributed by atoms with Crippen LogP contribution in [0.3, 0.4) is 0 Å². The fraction of sp³-hybridized carbons (Fsp3) is 0.786. The number of aromatic nitrogens is 3. The maximum absolute atomic E-state index is 12.3. The number of fused-ring (bicyclic) bond motifs is 1. The van der Waals surface area contributed by atoms with Gasteiger partial charge in [-0.05, 0) is 32.1 Å². The lowest BCUT2D eigenvalue weighted by molar-refractivity contribution is -0.123. The number of nitrogens with zero attached hydrogens (tertiary/aromatic N) is 3. The van der Waals surface area contributed by atoms with Crippen molar-refractivity contribution in [3.8, 4) is 0 Å². The van der Waals surface area contributed by atoms with Gasteiger partial charge in [-0.15, -0.1) is 35.0 Å². The Hall–Kier alpha value is -0.850. The molecule has 3 atom stereocenters. The minimum atomic E-state index is -0.0268. The van der Waals surface area contributed by atoms with Crippen molar-refractivity contribution in [1.29, 1.82) is 0 Å². The van der Waals surface area contributed by atoms with Crippen molar-refractivity contribution in [1.82, 2.24) is 25.4 Å². The van der Waals surface area contributed by atoms with E-state index in [1.165, 1.54) is 25.7 Å². The third-order valence-corrected chi connectivity index (χ3v) is 4.64. The number of rotatable bonds is 4. The molecule has 22 heavy (non-hydrogen) atoms. The van der Waals surface area contributed by atoms with Crippen LogP contribution in [-0.2, 0) is 17.9 Å². The Labute approximate surface area is 143 Å². The minimum Gasteiger partial charge on any atom is -0.347 e. The van der Waals surface area contributed by atoms with E-state index in [1.807, 2.05) is 11.5 Å². The lowest BCUT2D eigenvalue weighted by Crippen LogP contribution is -2.43. The standard InChI is InChI=1S/C14H23N5O.2ClH/c1-2-19-9-16-18-13(19)8-15-14(20)12-7-10-5-3-4-6-11(10)17-12;;/h9-12,17H,2-8H2,1H3,(H,15,20);2*1H. The van der Waals surface area contributed by atoms with E-state index in [4.69, 9.17) is 0 Å². The first-order valence-electron chi connectivity index (χ1n) is 7.68. The highest BCUT2D eigenvalue weighted by atomic mass is 35.5. The zero-order valence-corrected chi connectivity index (χ0v) is 14.5. The van der Waals surface area contributed by atoms with Crippen molar-refractivity contribution in [2.24, 2.45) is 5.92 Å². The van der Waals surface area contributed by atoms with Gasteiger partial charge >= 0.3 is 0 Å². The zero-order valence-electron chi connectivity index (χ0n) is 12.8. The molecular weight excluding hydrogens is 325 g/mol. The maximum atomic E-state index is 12.3. The molecule has 1 amide bonds. The number of nitrogens with one attached hydrogen (secondary N) is 2. The fourth-order valence-corrected chi connectivity index (χ4v) is 3.49. The van der Waals surface area contributed by atoms with E-state index >= 15 is 0 Å². The van der Waals surface area contributed by atoms with Crippen molar-refractivity contribution in [3.05, 3.63) is 12.2 Å². The summed E-state index contributed by atoms with van der Waals surface area (Å²) in [4.78, 5) is 12.3. The van der Waals surface area contributed by atoms with Gasteiger partial charge in [-0.1, -0.05) is 12.8 Å². The smallest absolute Gasteiger partial charge is 0.237 e. The van der Waals surface area contributed by atoms with E-state index in [0.717, 1.165) is 18.8 Å². The Morgan fingerprint density at radius 3 is 2.91 bits per heavy atom. The number of aryl methyl sites for hydroxylation is 1. The molecule has 2 aliphatic rings. The summed E-state index contributed by atoms with van der Waals surface area (Å²) in [5.41, 5.74) is 0. The van der Waals surface area contributed by atoms with Gasteiger partial charge in [-0.3, -0.25) is 4.79 Å². The summed E-state index contributed by atoms with van der Waals surface area (Å²) in [5, 5.41) is 14.4. The van der Waals surface area contributed by atoms with Gasteiger partial charge in [0.05, 0.1) is 12.6 Å². The number of hydrogen-bond donors (Lipinski definition) is 2. The lowest BCUT2D eigenvalue weighted by Gasteiger charge is -2.24. The van der Waals surface area contributed by atoms with Gasteiger partial charge in [-0.25, -0.2) is 0 Å². The van der Waals surface area contributed by atoms with E-state index in [2.05, 4.69) is 20.8 Å². The van der Waals surface area contributed by atoms with Gasteiger partial charge in [0.15, 0.2) is 5.82 Å². The molecule has 3 unspecified atom stereocenters. The predicted molar refractivity (Wildman–Crippen MR) is 89.3 cm³/mol. The van der Waals surface area contributed by atoms with Crippen molar-refractivity contribution < 1.29 is 4.79 Å². The van der Waals surface area contributed by atoms with Crippen LogP contribution in [0.2, 0.25) is 0 Å². The fourth-order valence-electron chi connectivity index (χ4n) is 3.49. The summed E-state index contributed by atoms with van der Waals surface area (Å²) in [6.45, 7) is 3.32.